The van der Waals surface area contributed by atoms with Crippen LogP contribution in [0.25, 0.3) is 57.6 Å². The summed E-state index contributed by atoms with van der Waals surface area (Å²) in [4.78, 5) is 192. The van der Waals surface area contributed by atoms with E-state index >= 15 is 0 Å². The summed E-state index contributed by atoms with van der Waals surface area (Å²) in [5, 5.41) is 26.2. The molecule has 0 unspecified atom stereocenters. The molecule has 734 valence electrons. The highest BCUT2D eigenvalue weighted by atomic mass is 35.5. The number of nitrogens with one attached hydrogen (secondary N) is 7. The normalized spacial score (nSPS) is 10.1. The van der Waals surface area contributed by atoms with Crippen molar-refractivity contribution < 1.29 is 48.1 Å². The van der Waals surface area contributed by atoms with E-state index in [1.807, 2.05) is 190 Å². The molecule has 1 amide bonds. The van der Waals surface area contributed by atoms with Crippen LogP contribution in [0.2, 0.25) is 0 Å². The maximum Gasteiger partial charge on any atom is 0.412 e. The number of carbonyl (C=O) groups excluding carboxylic acids is 5. The van der Waals surface area contributed by atoms with Gasteiger partial charge >= 0.3 is 18.0 Å². The van der Waals surface area contributed by atoms with Gasteiger partial charge in [-0.3, -0.25) is 79.0 Å². The first-order valence-electron chi connectivity index (χ1n) is 44.3. The van der Waals surface area contributed by atoms with E-state index < -0.39 is 41.0 Å². The van der Waals surface area contributed by atoms with Crippen LogP contribution in [-0.2, 0) is 52.8 Å². The summed E-state index contributed by atoms with van der Waals surface area (Å²) in [5.74, 6) is -1.51. The van der Waals surface area contributed by atoms with Crippen LogP contribution in [0.4, 0.5) is 16.2 Å². The van der Waals surface area contributed by atoms with Crippen molar-refractivity contribution in [3.8, 4) is 63.7 Å². The Morgan fingerprint density at radius 1 is 0.421 bits per heavy atom. The molecule has 0 atom stereocenters. The van der Waals surface area contributed by atoms with Crippen molar-refractivity contribution in [3.05, 3.63) is 473 Å². The zero-order valence-corrected chi connectivity index (χ0v) is 79.6. The number of nitrogens with two attached hydrogens (primary N) is 2. The Bertz CT molecular complexity index is 7100. The number of aromatic carboxylic acids is 1. The molecule has 0 aliphatic rings. The lowest BCUT2D eigenvalue weighted by Gasteiger charge is -2.17. The molecule has 0 fully saturated rings. The molecule has 0 radical (unpaired) electrons. The van der Waals surface area contributed by atoms with Gasteiger partial charge in [-0.25, -0.2) is 44.3 Å². The average molecular weight is 1970 g/mol. The highest BCUT2D eigenvalue weighted by Crippen LogP contribution is 2.29. The largest absolute Gasteiger partial charge is 0.500 e. The Morgan fingerprint density at radius 2 is 0.766 bits per heavy atom. The molecule has 0 spiro atoms. The van der Waals surface area contributed by atoms with Crippen molar-refractivity contribution in [2.45, 2.75) is 65.9 Å². The number of Topliss-reactive ketones (excluding diaryl/α,β-unsaturated/α-hetero) is 3. The van der Waals surface area contributed by atoms with Crippen molar-refractivity contribution in [2.75, 3.05) is 24.3 Å². The number of ketones is 3. The SMILES string of the molecule is CC.CCO/C=C(/C(C)=O)C(=O)OCC.Cl.N#Cc1ccccn1.N=C(N)c1ccccn1.Nc1cnc(-c2ccccn2)[nH]c1=O.O=C(Cc1cnc(-c2ccccn2)[nH]c1=O)C(c1ccccc1)c1ccccc1.O=C(Cc1cnc(-c2ccccn2)[nH]c1=O)C(c1ccccc1)c1ccccc1.O=C(Nc1cnc(-c2ccccn2)[nH]c1=O)OCc1ccccc1.O=C(O)c1cnc(-c2ccccn2)[nH]c1=O. The molecule has 17 rings (SSSR count). The Hall–Kier alpha value is -19.6. The number of nitrogens with zero attached hydrogens (tertiary/aromatic N) is 13. The van der Waals surface area contributed by atoms with Gasteiger partial charge in [0.1, 0.15) is 98.7 Å². The Labute approximate surface area is 836 Å². The molecule has 0 aliphatic heterocycles. The number of nitriles is 1. The zero-order chi connectivity index (χ0) is 103. The van der Waals surface area contributed by atoms with E-state index in [0.29, 0.717) is 80.9 Å². The standard InChI is InChI=1S/2C24H19N3O2.C17H14N4O3.C10H7N3O3.C9H8N4O.C9H14O4.C6H7N3.C6H4N2.C2H6.ClH/c2*28-21(22(17-9-3-1-4-10-17)18-11-5-2-6-12-18)15-19-16-26-23(27-24(19)29)20-13-7-8-14-25-20;22-16-14(10-19-15(21-16)13-8-4-5-9-18-13)20-17(23)24-11-12-6-2-1-3-7-12;14-9-6(10(15)16)5-12-8(13-9)7-3-1-2-4-11-7;10-6-5-12-8(13-9(6)14)7-3-1-2-4-11-7;1-4-12-6-8(7(3)10)9(11)13-5-2;7-6(8)5-3-1-2-4-9-5;7-5-6-3-1-2-4-8-6;1-2;/h2*1-14,16,22H,15H2,(H,26,27,29);1-10H,11H2,(H,20,23)(H,19,21,22);1-5H,(H,15,16)(H,12,13,14);1-5H,10H2,(H,12,13,14);6H,4-5H2,1-3H3;1-4H,(H3,7,8);1-4H;1-2H3;1H/b;;;;;8-6-;;;;. The summed E-state index contributed by atoms with van der Waals surface area (Å²) in [6.07, 6.45) is 18.2. The number of ether oxygens (including phenoxy) is 3. The molecule has 17 aromatic rings. The van der Waals surface area contributed by atoms with Gasteiger partial charge in [-0.15, -0.1) is 12.4 Å². The maximum atomic E-state index is 13.2. The first-order valence-corrected chi connectivity index (χ1v) is 44.3. The van der Waals surface area contributed by atoms with Gasteiger partial charge in [0.05, 0.1) is 37.4 Å². The number of aromatic nitrogens is 17. The fraction of sp³-hybridized carbons (Fsp3) is 0.112. The third-order valence-corrected chi connectivity index (χ3v) is 19.3. The van der Waals surface area contributed by atoms with Crippen LogP contribution in [-0.4, -0.2) is 144 Å². The van der Waals surface area contributed by atoms with Crippen LogP contribution in [0.3, 0.4) is 0 Å². The molecule has 0 saturated carbocycles. The number of aromatic amines is 5. The fourth-order valence-electron chi connectivity index (χ4n) is 12.5. The van der Waals surface area contributed by atoms with Crippen molar-refractivity contribution in [1.29, 1.82) is 10.7 Å². The zero-order valence-electron chi connectivity index (χ0n) is 78.8. The second-order valence-electron chi connectivity index (χ2n) is 29.2. The monoisotopic (exact) mass is 1970 g/mol. The third kappa shape index (κ3) is 36.0. The van der Waals surface area contributed by atoms with E-state index in [9.17, 15) is 52.7 Å². The first-order chi connectivity index (χ1) is 70.0. The topological polar surface area (TPSA) is 581 Å². The third-order valence-electron chi connectivity index (χ3n) is 19.3. The fourth-order valence-corrected chi connectivity index (χ4v) is 12.5. The summed E-state index contributed by atoms with van der Waals surface area (Å²) >= 11 is 0. The van der Waals surface area contributed by atoms with Gasteiger partial charge in [-0.1, -0.05) is 208 Å². The van der Waals surface area contributed by atoms with Crippen LogP contribution in [0.1, 0.15) is 107 Å². The average Bonchev–Trinajstić information content (AvgIpc) is 0.816. The predicted molar refractivity (Wildman–Crippen MR) is 549 cm³/mol. The van der Waals surface area contributed by atoms with Crippen molar-refractivity contribution in [2.24, 2.45) is 5.73 Å². The smallest absolute Gasteiger partial charge is 0.412 e. The molecule has 0 saturated heterocycles. The number of H-pyrrole nitrogens is 5. The number of hydrogen-bond acceptors (Lipinski definition) is 29. The van der Waals surface area contributed by atoms with Crippen LogP contribution in [0, 0.1) is 16.7 Å². The number of pyridine rings is 7. The van der Waals surface area contributed by atoms with Gasteiger partial charge in [-0.05, 0) is 134 Å². The van der Waals surface area contributed by atoms with Crippen LogP contribution in [0.5, 0.6) is 0 Å². The second-order valence-corrected chi connectivity index (χ2v) is 29.2. The number of rotatable bonds is 25. The Balaban J connectivity index is 0.000000209. The summed E-state index contributed by atoms with van der Waals surface area (Å²) in [6, 6.07) is 86.6. The van der Waals surface area contributed by atoms with E-state index in [2.05, 4.69) is 94.8 Å². The molecule has 12 aromatic heterocycles. The first kappa shape index (κ1) is 111. The number of carbonyl (C=O) groups is 6. The van der Waals surface area contributed by atoms with Crippen molar-refractivity contribution in [3.63, 3.8) is 0 Å². The maximum absolute atomic E-state index is 13.2. The minimum absolute atomic E-state index is 0. The number of carboxylic acids is 1. The molecular formula is C107H99ClN22O15. The molecule has 12 N–H and O–H groups in total. The van der Waals surface area contributed by atoms with E-state index in [4.69, 9.17) is 36.7 Å². The highest BCUT2D eigenvalue weighted by molar-refractivity contribution is 6.16. The number of anilines is 2. The van der Waals surface area contributed by atoms with Gasteiger partial charge in [-0.2, -0.15) is 5.26 Å². The molecule has 0 bridgehead atoms. The minimum atomic E-state index is -1.30. The summed E-state index contributed by atoms with van der Waals surface area (Å²) in [7, 11) is 0. The van der Waals surface area contributed by atoms with Gasteiger partial charge in [0.25, 0.3) is 27.8 Å². The summed E-state index contributed by atoms with van der Waals surface area (Å²) < 4.78 is 14.6. The Kier molecular flexibility index (Phi) is 45.9. The minimum Gasteiger partial charge on any atom is -0.500 e. The van der Waals surface area contributed by atoms with Gasteiger partial charge in [0.15, 0.2) is 34.9 Å². The second kappa shape index (κ2) is 60.2. The van der Waals surface area contributed by atoms with E-state index in [0.717, 1.165) is 40.3 Å². The Morgan fingerprint density at radius 3 is 1.07 bits per heavy atom. The molecule has 5 aromatic carbocycles. The predicted octanol–water partition coefficient (Wildman–Crippen LogP) is 14.9. The van der Waals surface area contributed by atoms with Gasteiger partial charge in [0, 0.05) is 85.9 Å². The van der Waals surface area contributed by atoms with E-state index in [-0.39, 0.29) is 107 Å². The van der Waals surface area contributed by atoms with Gasteiger partial charge < -0.3 is 55.7 Å². The summed E-state index contributed by atoms with van der Waals surface area (Å²) in [5.41, 5.74) is 16.9. The van der Waals surface area contributed by atoms with Crippen LogP contribution in [0.15, 0.2) is 389 Å². The molecular weight excluding hydrogens is 1870 g/mol. The molecule has 145 heavy (non-hydrogen) atoms. The molecule has 12 heterocycles. The number of nitrogen functional groups attached to an aromatic ring is 2. The lowest BCUT2D eigenvalue weighted by atomic mass is 9.85. The highest BCUT2D eigenvalue weighted by Gasteiger charge is 2.27. The van der Waals surface area contributed by atoms with Crippen LogP contribution >= 0.6 is 12.4 Å². The number of amides is 1. The van der Waals surface area contributed by atoms with Gasteiger partial charge in [0.2, 0.25) is 0 Å². The number of benzene rings is 5. The van der Waals surface area contributed by atoms with E-state index in [1.165, 1.54) is 31.7 Å². The lowest BCUT2D eigenvalue weighted by Crippen LogP contribution is -2.22. The quantitative estimate of drug-likeness (QED) is 0.00483. The van der Waals surface area contributed by atoms with Crippen molar-refractivity contribution >= 4 is 65.0 Å². The van der Waals surface area contributed by atoms with Crippen molar-refractivity contribution in [1.82, 2.24) is 84.7 Å². The number of hydrogen-bond donors (Lipinski definition) is 10. The molecule has 37 nitrogen and oxygen atoms in total. The molecule has 38 heteroatoms. The number of halogens is 1. The summed E-state index contributed by atoms with van der Waals surface area (Å²) in [6.45, 7) is 9.51. The number of amidine groups is 1. The number of esters is 1. The van der Waals surface area contributed by atoms with E-state index in [1.54, 1.807) is 166 Å². The van der Waals surface area contributed by atoms with Crippen LogP contribution < -0.4 is 44.6 Å². The number of carboxylic acid groups (broad SMARTS) is 1. The lowest BCUT2D eigenvalue weighted by molar-refractivity contribution is -0.140. The molecule has 0 aliphatic carbocycles.